The van der Waals surface area contributed by atoms with Crippen molar-refractivity contribution in [1.82, 2.24) is 10.3 Å². The number of nitrogens with one attached hydrogen (secondary N) is 1. The van der Waals surface area contributed by atoms with E-state index in [4.69, 9.17) is 21.1 Å². The number of amides is 1. The van der Waals surface area contributed by atoms with Crippen LogP contribution >= 0.6 is 11.6 Å². The van der Waals surface area contributed by atoms with Gasteiger partial charge in [0.2, 0.25) is 5.91 Å². The molecule has 0 fully saturated rings. The lowest BCUT2D eigenvalue weighted by atomic mass is 10.1. The van der Waals surface area contributed by atoms with Gasteiger partial charge in [0.1, 0.15) is 5.15 Å². The summed E-state index contributed by atoms with van der Waals surface area (Å²) in [5.74, 6) is 0.937. The van der Waals surface area contributed by atoms with Gasteiger partial charge in [0.05, 0.1) is 13.7 Å². The molecule has 0 unspecified atom stereocenters. The van der Waals surface area contributed by atoms with Crippen molar-refractivity contribution in [2.45, 2.75) is 26.3 Å². The molecule has 1 heterocycles. The number of aromatic nitrogens is 1. The summed E-state index contributed by atoms with van der Waals surface area (Å²) < 4.78 is 10.9. The largest absolute Gasteiger partial charge is 0.493 e. The molecule has 2 aromatic rings. The number of benzene rings is 1. The second-order valence-corrected chi connectivity index (χ2v) is 6.03. The van der Waals surface area contributed by atoms with Crippen LogP contribution in [0.3, 0.4) is 0 Å². The fourth-order valence-corrected chi connectivity index (χ4v) is 2.33. The van der Waals surface area contributed by atoms with Crippen molar-refractivity contribution in [2.24, 2.45) is 0 Å². The van der Waals surface area contributed by atoms with Gasteiger partial charge < -0.3 is 14.8 Å². The Hall–Kier alpha value is -2.60. The monoisotopic (exact) mass is 376 g/mol. The quantitative estimate of drug-likeness (QED) is 0.412. The highest BCUT2D eigenvalue weighted by atomic mass is 35.5. The van der Waals surface area contributed by atoms with E-state index >= 15 is 0 Å². The molecule has 1 aromatic heterocycles. The van der Waals surface area contributed by atoms with Crippen molar-refractivity contribution >= 4 is 23.3 Å². The standard InChI is InChI=1S/C19H21ClN2O4/c1-13(23)15-6-7-16(17(10-15)25-2)26-9-3-4-19(24)22-12-14-5-8-18(20)21-11-14/h5-8,10-11H,3-4,9,12H2,1-2H3,(H,22,24). The molecule has 1 aromatic carbocycles. The highest BCUT2D eigenvalue weighted by molar-refractivity contribution is 6.29. The van der Waals surface area contributed by atoms with Crippen LogP contribution < -0.4 is 14.8 Å². The van der Waals surface area contributed by atoms with Gasteiger partial charge >= 0.3 is 0 Å². The first-order valence-electron chi connectivity index (χ1n) is 8.18. The minimum Gasteiger partial charge on any atom is -0.493 e. The van der Waals surface area contributed by atoms with E-state index in [1.807, 2.05) is 6.07 Å². The number of Topliss-reactive ketones (excluding diaryl/α,β-unsaturated/α-hetero) is 1. The molecule has 0 spiro atoms. The first kappa shape index (κ1) is 19.7. The van der Waals surface area contributed by atoms with Crippen molar-refractivity contribution in [1.29, 1.82) is 0 Å². The highest BCUT2D eigenvalue weighted by Gasteiger charge is 2.09. The summed E-state index contributed by atoms with van der Waals surface area (Å²) >= 11 is 5.72. The Balaban J connectivity index is 1.73. The van der Waals surface area contributed by atoms with Crippen LogP contribution in [0.25, 0.3) is 0 Å². The number of nitrogens with zero attached hydrogens (tertiary/aromatic N) is 1. The zero-order chi connectivity index (χ0) is 18.9. The summed E-state index contributed by atoms with van der Waals surface area (Å²) in [6, 6.07) is 8.53. The molecule has 0 radical (unpaired) electrons. The number of pyridine rings is 1. The molecule has 0 aliphatic carbocycles. The predicted octanol–water partition coefficient (Wildman–Crippen LogP) is 3.42. The molecule has 0 aliphatic heterocycles. The van der Waals surface area contributed by atoms with E-state index < -0.39 is 0 Å². The Labute approximate surface area is 157 Å². The zero-order valence-corrected chi connectivity index (χ0v) is 15.5. The second-order valence-electron chi connectivity index (χ2n) is 5.64. The maximum atomic E-state index is 11.9. The third kappa shape index (κ3) is 6.04. The number of methoxy groups -OCH3 is 1. The van der Waals surface area contributed by atoms with E-state index in [9.17, 15) is 9.59 Å². The van der Waals surface area contributed by atoms with E-state index in [-0.39, 0.29) is 11.7 Å². The van der Waals surface area contributed by atoms with Crippen LogP contribution in [0.4, 0.5) is 0 Å². The van der Waals surface area contributed by atoms with E-state index in [0.29, 0.717) is 48.2 Å². The minimum absolute atomic E-state index is 0.0394. The minimum atomic E-state index is -0.0672. The Bertz CT molecular complexity index is 763. The van der Waals surface area contributed by atoms with Crippen molar-refractivity contribution in [3.8, 4) is 11.5 Å². The maximum absolute atomic E-state index is 11.9. The summed E-state index contributed by atoms with van der Waals surface area (Å²) in [6.45, 7) is 2.27. The van der Waals surface area contributed by atoms with Gasteiger partial charge in [0.25, 0.3) is 0 Å². The smallest absolute Gasteiger partial charge is 0.220 e. The maximum Gasteiger partial charge on any atom is 0.220 e. The van der Waals surface area contributed by atoms with Gasteiger partial charge in [0.15, 0.2) is 17.3 Å². The average molecular weight is 377 g/mol. The molecule has 0 bridgehead atoms. The third-order valence-corrected chi connectivity index (χ3v) is 3.88. The van der Waals surface area contributed by atoms with Gasteiger partial charge in [-0.25, -0.2) is 4.98 Å². The van der Waals surface area contributed by atoms with E-state index in [2.05, 4.69) is 10.3 Å². The lowest BCUT2D eigenvalue weighted by Gasteiger charge is -2.11. The van der Waals surface area contributed by atoms with Crippen LogP contribution in [0.5, 0.6) is 11.5 Å². The van der Waals surface area contributed by atoms with Crippen LogP contribution in [0.15, 0.2) is 36.5 Å². The SMILES string of the molecule is COc1cc(C(C)=O)ccc1OCCCC(=O)NCc1ccc(Cl)nc1. The van der Waals surface area contributed by atoms with Gasteiger partial charge in [-0.2, -0.15) is 0 Å². The molecular formula is C19H21ClN2O4. The van der Waals surface area contributed by atoms with E-state index in [1.54, 1.807) is 30.5 Å². The van der Waals surface area contributed by atoms with Gasteiger partial charge in [-0.3, -0.25) is 9.59 Å². The number of halogens is 1. The molecule has 0 aliphatic rings. The molecule has 1 N–H and O–H groups in total. The van der Waals surface area contributed by atoms with Crippen molar-refractivity contribution in [3.05, 3.63) is 52.8 Å². The molecule has 26 heavy (non-hydrogen) atoms. The van der Waals surface area contributed by atoms with Crippen LogP contribution in [0.2, 0.25) is 5.15 Å². The topological polar surface area (TPSA) is 77.5 Å². The average Bonchev–Trinajstić information content (AvgIpc) is 2.64. The Morgan fingerprint density at radius 2 is 2.00 bits per heavy atom. The summed E-state index contributed by atoms with van der Waals surface area (Å²) in [6.07, 6.45) is 2.53. The molecule has 7 heteroatoms. The Kier molecular flexibility index (Phi) is 7.41. The van der Waals surface area contributed by atoms with Crippen LogP contribution in [-0.2, 0) is 11.3 Å². The molecule has 0 atom stereocenters. The number of hydrogen-bond donors (Lipinski definition) is 1. The molecule has 0 saturated heterocycles. The number of hydrogen-bond acceptors (Lipinski definition) is 5. The molecule has 6 nitrogen and oxygen atoms in total. The van der Waals surface area contributed by atoms with Crippen LogP contribution in [-0.4, -0.2) is 30.4 Å². The molecule has 0 saturated carbocycles. The highest BCUT2D eigenvalue weighted by Crippen LogP contribution is 2.28. The van der Waals surface area contributed by atoms with Crippen molar-refractivity contribution < 1.29 is 19.1 Å². The van der Waals surface area contributed by atoms with Gasteiger partial charge in [-0.15, -0.1) is 0 Å². The normalized spacial score (nSPS) is 10.3. The van der Waals surface area contributed by atoms with E-state index in [0.717, 1.165) is 5.56 Å². The van der Waals surface area contributed by atoms with Gasteiger partial charge in [-0.1, -0.05) is 17.7 Å². The van der Waals surface area contributed by atoms with Gasteiger partial charge in [0, 0.05) is 24.7 Å². The van der Waals surface area contributed by atoms with Crippen molar-refractivity contribution in [2.75, 3.05) is 13.7 Å². The summed E-state index contributed by atoms with van der Waals surface area (Å²) in [7, 11) is 1.52. The van der Waals surface area contributed by atoms with Crippen molar-refractivity contribution in [3.63, 3.8) is 0 Å². The summed E-state index contributed by atoms with van der Waals surface area (Å²) in [5.41, 5.74) is 1.44. The van der Waals surface area contributed by atoms with Gasteiger partial charge in [-0.05, 0) is 43.2 Å². The first-order valence-corrected chi connectivity index (χ1v) is 8.56. The summed E-state index contributed by atoms with van der Waals surface area (Å²) in [5, 5.41) is 3.24. The number of rotatable bonds is 9. The number of carbonyl (C=O) groups is 2. The number of ether oxygens (including phenoxy) is 2. The van der Waals surface area contributed by atoms with Crippen LogP contribution in [0, 0.1) is 0 Å². The fourth-order valence-electron chi connectivity index (χ4n) is 2.22. The summed E-state index contributed by atoms with van der Waals surface area (Å²) in [4.78, 5) is 27.2. The molecule has 2 rings (SSSR count). The molecular weight excluding hydrogens is 356 g/mol. The molecule has 138 valence electrons. The zero-order valence-electron chi connectivity index (χ0n) is 14.8. The third-order valence-electron chi connectivity index (χ3n) is 3.65. The number of ketones is 1. The first-order chi connectivity index (χ1) is 12.5. The lowest BCUT2D eigenvalue weighted by molar-refractivity contribution is -0.121. The van der Waals surface area contributed by atoms with E-state index in [1.165, 1.54) is 14.0 Å². The second kappa shape index (κ2) is 9.77. The Morgan fingerprint density at radius 1 is 1.19 bits per heavy atom. The Morgan fingerprint density at radius 3 is 2.65 bits per heavy atom. The van der Waals surface area contributed by atoms with Crippen LogP contribution in [0.1, 0.15) is 35.7 Å². The molecule has 1 amide bonds. The lowest BCUT2D eigenvalue weighted by Crippen LogP contribution is -2.23. The predicted molar refractivity (Wildman–Crippen MR) is 98.8 cm³/mol. The number of carbonyl (C=O) groups excluding carboxylic acids is 2. The fraction of sp³-hybridized carbons (Fsp3) is 0.316.